The minimum absolute atomic E-state index is 0.482. The fourth-order valence-electron chi connectivity index (χ4n) is 1.96. The number of benzene rings is 1. The molecular weight excluding hydrogens is 198 g/mol. The molecule has 1 aromatic rings. The molecule has 0 heterocycles. The lowest BCUT2D eigenvalue weighted by Gasteiger charge is -2.23. The Balaban J connectivity index is 2.14. The molecule has 1 aliphatic rings. The molecule has 0 aliphatic heterocycles. The topological polar surface area (TPSA) is 21.3 Å². The highest BCUT2D eigenvalue weighted by Crippen LogP contribution is 2.49. The van der Waals surface area contributed by atoms with Gasteiger partial charge in [-0.15, -0.1) is 0 Å². The van der Waals surface area contributed by atoms with Gasteiger partial charge in [0.05, 0.1) is 12.8 Å². The minimum atomic E-state index is 0.482. The van der Waals surface area contributed by atoms with E-state index in [0.29, 0.717) is 11.5 Å². The molecule has 2 rings (SSSR count). The molecule has 1 unspecified atom stereocenters. The lowest BCUT2D eigenvalue weighted by atomic mass is 10.0. The van der Waals surface area contributed by atoms with Crippen molar-refractivity contribution in [1.29, 1.82) is 0 Å². The Morgan fingerprint density at radius 1 is 1.38 bits per heavy atom. The van der Waals surface area contributed by atoms with Crippen LogP contribution in [-0.2, 0) is 0 Å². The summed E-state index contributed by atoms with van der Waals surface area (Å²) in [5, 5.41) is 3.57. The summed E-state index contributed by atoms with van der Waals surface area (Å²) in [6, 6.07) is 6.80. The number of hydrogen-bond acceptors (Lipinski definition) is 2. The third-order valence-electron chi connectivity index (χ3n) is 3.81. The Hall–Kier alpha value is -1.18. The number of nitrogens with one attached hydrogen (secondary N) is 1. The first-order chi connectivity index (χ1) is 7.55. The molecule has 1 saturated carbocycles. The second kappa shape index (κ2) is 4.00. The fourth-order valence-corrected chi connectivity index (χ4v) is 1.96. The maximum atomic E-state index is 5.40. The SMILES string of the molecule is COc1cc(C)ccc1NC(C)C1(C)CC1. The van der Waals surface area contributed by atoms with Crippen LogP contribution in [0.1, 0.15) is 32.3 Å². The van der Waals surface area contributed by atoms with Crippen molar-refractivity contribution in [2.45, 2.75) is 39.7 Å². The van der Waals surface area contributed by atoms with E-state index >= 15 is 0 Å². The van der Waals surface area contributed by atoms with Crippen LogP contribution in [0.3, 0.4) is 0 Å². The van der Waals surface area contributed by atoms with Gasteiger partial charge in [0.1, 0.15) is 5.75 Å². The van der Waals surface area contributed by atoms with Crippen molar-refractivity contribution in [3.8, 4) is 5.75 Å². The van der Waals surface area contributed by atoms with Crippen LogP contribution in [0.25, 0.3) is 0 Å². The van der Waals surface area contributed by atoms with Gasteiger partial charge < -0.3 is 10.1 Å². The van der Waals surface area contributed by atoms with Gasteiger partial charge in [0, 0.05) is 6.04 Å². The smallest absolute Gasteiger partial charge is 0.142 e. The molecule has 1 aromatic carbocycles. The van der Waals surface area contributed by atoms with Crippen molar-refractivity contribution < 1.29 is 4.74 Å². The maximum Gasteiger partial charge on any atom is 0.142 e. The lowest BCUT2D eigenvalue weighted by Crippen LogP contribution is -2.25. The molecule has 1 aliphatic carbocycles. The Labute approximate surface area is 98.0 Å². The van der Waals surface area contributed by atoms with Crippen molar-refractivity contribution in [2.24, 2.45) is 5.41 Å². The Morgan fingerprint density at radius 2 is 2.06 bits per heavy atom. The summed E-state index contributed by atoms with van der Waals surface area (Å²) in [5.41, 5.74) is 2.82. The average molecular weight is 219 g/mol. The van der Waals surface area contributed by atoms with Crippen molar-refractivity contribution >= 4 is 5.69 Å². The molecule has 0 spiro atoms. The second-order valence-electron chi connectivity index (χ2n) is 5.22. The maximum absolute atomic E-state index is 5.40. The predicted molar refractivity (Wildman–Crippen MR) is 68.2 cm³/mol. The van der Waals surface area contributed by atoms with E-state index in [0.717, 1.165) is 11.4 Å². The van der Waals surface area contributed by atoms with E-state index in [1.165, 1.54) is 18.4 Å². The molecule has 88 valence electrons. The summed E-state index contributed by atoms with van der Waals surface area (Å²) in [6.45, 7) is 6.68. The fraction of sp³-hybridized carbons (Fsp3) is 0.571. The quantitative estimate of drug-likeness (QED) is 0.835. The highest BCUT2D eigenvalue weighted by molar-refractivity contribution is 5.58. The third-order valence-corrected chi connectivity index (χ3v) is 3.81. The molecule has 0 saturated heterocycles. The van der Waals surface area contributed by atoms with Gasteiger partial charge in [0.25, 0.3) is 0 Å². The number of aryl methyl sites for hydroxylation is 1. The summed E-state index contributed by atoms with van der Waals surface area (Å²) in [7, 11) is 1.73. The van der Waals surface area contributed by atoms with Gasteiger partial charge >= 0.3 is 0 Å². The average Bonchev–Trinajstić information content (AvgIpc) is 3.00. The molecule has 1 atom stereocenters. The summed E-state index contributed by atoms with van der Waals surface area (Å²) in [5.74, 6) is 0.941. The monoisotopic (exact) mass is 219 g/mol. The molecule has 2 heteroatoms. The molecule has 1 fully saturated rings. The van der Waals surface area contributed by atoms with Gasteiger partial charge in [0.15, 0.2) is 0 Å². The van der Waals surface area contributed by atoms with E-state index in [4.69, 9.17) is 4.74 Å². The van der Waals surface area contributed by atoms with Crippen molar-refractivity contribution in [1.82, 2.24) is 0 Å². The summed E-state index contributed by atoms with van der Waals surface area (Å²) in [6.07, 6.45) is 2.66. The highest BCUT2D eigenvalue weighted by atomic mass is 16.5. The van der Waals surface area contributed by atoms with Gasteiger partial charge in [-0.3, -0.25) is 0 Å². The lowest BCUT2D eigenvalue weighted by molar-refractivity contribution is 0.413. The molecule has 0 radical (unpaired) electrons. The van der Waals surface area contributed by atoms with Crippen LogP contribution in [0.5, 0.6) is 5.75 Å². The van der Waals surface area contributed by atoms with Crippen molar-refractivity contribution in [2.75, 3.05) is 12.4 Å². The first-order valence-corrected chi connectivity index (χ1v) is 5.96. The molecular formula is C14H21NO. The van der Waals surface area contributed by atoms with Crippen LogP contribution in [0.15, 0.2) is 18.2 Å². The standard InChI is InChI=1S/C14H21NO/c1-10-5-6-12(13(9-10)16-4)15-11(2)14(3)7-8-14/h5-6,9,11,15H,7-8H2,1-4H3. The zero-order chi connectivity index (χ0) is 11.8. The second-order valence-corrected chi connectivity index (χ2v) is 5.22. The summed E-state index contributed by atoms with van der Waals surface area (Å²) >= 11 is 0. The van der Waals surface area contributed by atoms with Gasteiger partial charge in [-0.25, -0.2) is 0 Å². The van der Waals surface area contributed by atoms with E-state index in [9.17, 15) is 0 Å². The van der Waals surface area contributed by atoms with Gasteiger partial charge in [-0.1, -0.05) is 13.0 Å². The molecule has 0 bridgehead atoms. The zero-order valence-electron chi connectivity index (χ0n) is 10.6. The van der Waals surface area contributed by atoms with E-state index in [2.05, 4.69) is 44.3 Å². The van der Waals surface area contributed by atoms with Crippen molar-refractivity contribution in [3.63, 3.8) is 0 Å². The van der Waals surface area contributed by atoms with Gasteiger partial charge in [-0.05, 0) is 49.8 Å². The first-order valence-electron chi connectivity index (χ1n) is 5.96. The summed E-state index contributed by atoms with van der Waals surface area (Å²) < 4.78 is 5.40. The predicted octanol–water partition coefficient (Wildman–Crippen LogP) is 3.60. The van der Waals surface area contributed by atoms with Crippen LogP contribution < -0.4 is 10.1 Å². The van der Waals surface area contributed by atoms with E-state index in [1.54, 1.807) is 7.11 Å². The summed E-state index contributed by atoms with van der Waals surface area (Å²) in [4.78, 5) is 0. The number of methoxy groups -OCH3 is 1. The van der Waals surface area contributed by atoms with E-state index < -0.39 is 0 Å². The third kappa shape index (κ3) is 2.16. The number of anilines is 1. The van der Waals surface area contributed by atoms with Crippen LogP contribution in [0.4, 0.5) is 5.69 Å². The van der Waals surface area contributed by atoms with Gasteiger partial charge in [-0.2, -0.15) is 0 Å². The zero-order valence-corrected chi connectivity index (χ0v) is 10.6. The van der Waals surface area contributed by atoms with Crippen LogP contribution in [-0.4, -0.2) is 13.2 Å². The van der Waals surface area contributed by atoms with Crippen molar-refractivity contribution in [3.05, 3.63) is 23.8 Å². The molecule has 2 nitrogen and oxygen atoms in total. The van der Waals surface area contributed by atoms with E-state index in [1.807, 2.05) is 0 Å². The number of ether oxygens (including phenoxy) is 1. The molecule has 0 aromatic heterocycles. The molecule has 1 N–H and O–H groups in total. The molecule has 0 amide bonds. The van der Waals surface area contributed by atoms with Crippen LogP contribution in [0.2, 0.25) is 0 Å². The highest BCUT2D eigenvalue weighted by Gasteiger charge is 2.42. The Bertz CT molecular complexity index is 382. The normalized spacial score (nSPS) is 19.0. The van der Waals surface area contributed by atoms with Gasteiger partial charge in [0.2, 0.25) is 0 Å². The Kier molecular flexibility index (Phi) is 2.83. The Morgan fingerprint density at radius 3 is 2.62 bits per heavy atom. The minimum Gasteiger partial charge on any atom is -0.495 e. The largest absolute Gasteiger partial charge is 0.495 e. The first kappa shape index (κ1) is 11.3. The van der Waals surface area contributed by atoms with E-state index in [-0.39, 0.29) is 0 Å². The number of hydrogen-bond donors (Lipinski definition) is 1. The van der Waals surface area contributed by atoms with Crippen LogP contribution in [0, 0.1) is 12.3 Å². The molecule has 16 heavy (non-hydrogen) atoms. The number of rotatable bonds is 4. The van der Waals surface area contributed by atoms with Crippen LogP contribution >= 0.6 is 0 Å².